The van der Waals surface area contributed by atoms with Crippen LogP contribution in [0.5, 0.6) is 0 Å². The summed E-state index contributed by atoms with van der Waals surface area (Å²) in [6, 6.07) is 9.50. The Morgan fingerprint density at radius 3 is 2.61 bits per heavy atom. The Labute approximate surface area is 107 Å². The van der Waals surface area contributed by atoms with Gasteiger partial charge in [-0.1, -0.05) is 18.2 Å². The van der Waals surface area contributed by atoms with Crippen LogP contribution in [0.2, 0.25) is 0 Å². The molecule has 2 N–H and O–H groups in total. The smallest absolute Gasteiger partial charge is 0.305 e. The molecule has 0 aliphatic heterocycles. The number of carbonyl (C=O) groups is 2. The quantitative estimate of drug-likeness (QED) is 0.563. The maximum atomic E-state index is 11.4. The molecule has 98 valence electrons. The van der Waals surface area contributed by atoms with Crippen LogP contribution >= 0.6 is 0 Å². The molecule has 0 aliphatic carbocycles. The van der Waals surface area contributed by atoms with Gasteiger partial charge < -0.3 is 15.4 Å². The van der Waals surface area contributed by atoms with E-state index >= 15 is 0 Å². The van der Waals surface area contributed by atoms with Gasteiger partial charge in [0, 0.05) is 18.7 Å². The molecular formula is C13H18N2O3. The second-order valence-electron chi connectivity index (χ2n) is 3.75. The van der Waals surface area contributed by atoms with Gasteiger partial charge in [0.25, 0.3) is 0 Å². The standard InChI is InChI=1S/C13H18N2O3/c1-18-13(17)8-5-9-14-12(16)10-15-11-6-3-2-4-7-11/h2-4,6-7,15H,5,8-10H2,1H3,(H,14,16). The highest BCUT2D eigenvalue weighted by Gasteiger charge is 2.02. The molecule has 1 aromatic rings. The first-order valence-electron chi connectivity index (χ1n) is 5.85. The van der Waals surface area contributed by atoms with Crippen LogP contribution in [0.3, 0.4) is 0 Å². The molecule has 0 atom stereocenters. The lowest BCUT2D eigenvalue weighted by molar-refractivity contribution is -0.140. The number of carbonyl (C=O) groups excluding carboxylic acids is 2. The minimum Gasteiger partial charge on any atom is -0.469 e. The summed E-state index contributed by atoms with van der Waals surface area (Å²) < 4.78 is 4.50. The SMILES string of the molecule is COC(=O)CCCNC(=O)CNc1ccccc1. The molecule has 0 fully saturated rings. The third-order valence-electron chi connectivity index (χ3n) is 2.33. The molecule has 0 bridgehead atoms. The second kappa shape index (κ2) is 8.11. The van der Waals surface area contributed by atoms with Crippen LogP contribution in [-0.2, 0) is 14.3 Å². The van der Waals surface area contributed by atoms with E-state index in [4.69, 9.17) is 0 Å². The Balaban J connectivity index is 2.09. The molecule has 0 saturated heterocycles. The normalized spacial score (nSPS) is 9.61. The van der Waals surface area contributed by atoms with E-state index < -0.39 is 0 Å². The molecular weight excluding hydrogens is 232 g/mol. The number of hydrogen-bond donors (Lipinski definition) is 2. The number of nitrogens with one attached hydrogen (secondary N) is 2. The van der Waals surface area contributed by atoms with Gasteiger partial charge in [0.15, 0.2) is 0 Å². The van der Waals surface area contributed by atoms with Crippen molar-refractivity contribution in [2.75, 3.05) is 25.5 Å². The van der Waals surface area contributed by atoms with Gasteiger partial charge in [0.1, 0.15) is 0 Å². The maximum absolute atomic E-state index is 11.4. The summed E-state index contributed by atoms with van der Waals surface area (Å²) in [7, 11) is 1.35. The molecule has 18 heavy (non-hydrogen) atoms. The van der Waals surface area contributed by atoms with Crippen molar-refractivity contribution in [2.45, 2.75) is 12.8 Å². The molecule has 5 nitrogen and oxygen atoms in total. The predicted octanol–water partition coefficient (Wildman–Crippen LogP) is 1.17. The zero-order valence-electron chi connectivity index (χ0n) is 10.4. The molecule has 1 amide bonds. The van der Waals surface area contributed by atoms with Crippen molar-refractivity contribution in [3.63, 3.8) is 0 Å². The average molecular weight is 250 g/mol. The van der Waals surface area contributed by atoms with E-state index in [9.17, 15) is 9.59 Å². The van der Waals surface area contributed by atoms with Crippen molar-refractivity contribution in [1.29, 1.82) is 0 Å². The number of amides is 1. The molecule has 0 aliphatic rings. The van der Waals surface area contributed by atoms with Crippen LogP contribution in [0, 0.1) is 0 Å². The van der Waals surface area contributed by atoms with Crippen molar-refractivity contribution in [3.8, 4) is 0 Å². The zero-order chi connectivity index (χ0) is 13.2. The lowest BCUT2D eigenvalue weighted by atomic mass is 10.3. The highest BCUT2D eigenvalue weighted by molar-refractivity contribution is 5.80. The number of anilines is 1. The first-order valence-corrected chi connectivity index (χ1v) is 5.85. The van der Waals surface area contributed by atoms with Crippen LogP contribution in [0.15, 0.2) is 30.3 Å². The summed E-state index contributed by atoms with van der Waals surface area (Å²) in [5.74, 6) is -0.352. The van der Waals surface area contributed by atoms with Gasteiger partial charge in [-0.25, -0.2) is 0 Å². The summed E-state index contributed by atoms with van der Waals surface area (Å²) in [4.78, 5) is 22.3. The molecule has 5 heteroatoms. The average Bonchev–Trinajstić information content (AvgIpc) is 2.42. The van der Waals surface area contributed by atoms with E-state index in [0.29, 0.717) is 19.4 Å². The van der Waals surface area contributed by atoms with E-state index in [2.05, 4.69) is 15.4 Å². The summed E-state index contributed by atoms with van der Waals surface area (Å²) in [5, 5.41) is 5.72. The number of hydrogen-bond acceptors (Lipinski definition) is 4. The largest absolute Gasteiger partial charge is 0.469 e. The highest BCUT2D eigenvalue weighted by atomic mass is 16.5. The van der Waals surface area contributed by atoms with Gasteiger partial charge in [-0.2, -0.15) is 0 Å². The first-order chi connectivity index (χ1) is 8.72. The van der Waals surface area contributed by atoms with Crippen LogP contribution < -0.4 is 10.6 Å². The van der Waals surface area contributed by atoms with Crippen molar-refractivity contribution in [1.82, 2.24) is 5.32 Å². The lowest BCUT2D eigenvalue weighted by Crippen LogP contribution is -2.30. The van der Waals surface area contributed by atoms with Gasteiger partial charge in [-0.15, -0.1) is 0 Å². The van der Waals surface area contributed by atoms with Crippen LogP contribution in [0.1, 0.15) is 12.8 Å². The molecule has 0 aromatic heterocycles. The fraction of sp³-hybridized carbons (Fsp3) is 0.385. The summed E-state index contributed by atoms with van der Waals surface area (Å²) in [5.41, 5.74) is 0.905. The van der Waals surface area contributed by atoms with Crippen LogP contribution in [0.25, 0.3) is 0 Å². The number of para-hydroxylation sites is 1. The highest BCUT2D eigenvalue weighted by Crippen LogP contribution is 2.03. The second-order valence-corrected chi connectivity index (χ2v) is 3.75. The molecule has 0 unspecified atom stereocenters. The van der Waals surface area contributed by atoms with Crippen molar-refractivity contribution < 1.29 is 14.3 Å². The number of esters is 1. The van der Waals surface area contributed by atoms with Gasteiger partial charge in [0.2, 0.25) is 5.91 Å². The number of ether oxygens (including phenoxy) is 1. The summed E-state index contributed by atoms with van der Waals surface area (Å²) in [6.07, 6.45) is 0.909. The third kappa shape index (κ3) is 5.89. The van der Waals surface area contributed by atoms with Crippen LogP contribution in [0.4, 0.5) is 5.69 Å². The molecule has 0 heterocycles. The Morgan fingerprint density at radius 2 is 1.94 bits per heavy atom. The fourth-order valence-electron chi connectivity index (χ4n) is 1.36. The Bertz CT molecular complexity index is 379. The van der Waals surface area contributed by atoms with Gasteiger partial charge in [-0.3, -0.25) is 9.59 Å². The van der Waals surface area contributed by atoms with Crippen molar-refractivity contribution in [2.24, 2.45) is 0 Å². The lowest BCUT2D eigenvalue weighted by Gasteiger charge is -2.07. The molecule has 0 radical (unpaired) electrons. The van der Waals surface area contributed by atoms with Gasteiger partial charge in [-0.05, 0) is 18.6 Å². The molecule has 1 aromatic carbocycles. The first kappa shape index (κ1) is 14.0. The number of benzene rings is 1. The van der Waals surface area contributed by atoms with E-state index in [1.54, 1.807) is 0 Å². The van der Waals surface area contributed by atoms with E-state index in [0.717, 1.165) is 5.69 Å². The van der Waals surface area contributed by atoms with Crippen molar-refractivity contribution in [3.05, 3.63) is 30.3 Å². The number of methoxy groups -OCH3 is 1. The Morgan fingerprint density at radius 1 is 1.22 bits per heavy atom. The molecule has 0 spiro atoms. The Kier molecular flexibility index (Phi) is 6.32. The van der Waals surface area contributed by atoms with Crippen LogP contribution in [-0.4, -0.2) is 32.1 Å². The summed E-state index contributed by atoms with van der Waals surface area (Å²) in [6.45, 7) is 0.701. The monoisotopic (exact) mass is 250 g/mol. The molecule has 1 rings (SSSR count). The summed E-state index contributed by atoms with van der Waals surface area (Å²) >= 11 is 0. The predicted molar refractivity (Wildman–Crippen MR) is 69.2 cm³/mol. The minimum absolute atomic E-state index is 0.0938. The minimum atomic E-state index is -0.258. The maximum Gasteiger partial charge on any atom is 0.305 e. The Hall–Kier alpha value is -2.04. The van der Waals surface area contributed by atoms with E-state index in [-0.39, 0.29) is 18.4 Å². The molecule has 0 saturated carbocycles. The van der Waals surface area contributed by atoms with E-state index in [1.807, 2.05) is 30.3 Å². The van der Waals surface area contributed by atoms with Crippen molar-refractivity contribution >= 4 is 17.6 Å². The van der Waals surface area contributed by atoms with Gasteiger partial charge in [0.05, 0.1) is 13.7 Å². The van der Waals surface area contributed by atoms with E-state index in [1.165, 1.54) is 7.11 Å². The fourth-order valence-corrected chi connectivity index (χ4v) is 1.36. The number of rotatable bonds is 7. The van der Waals surface area contributed by atoms with Gasteiger partial charge >= 0.3 is 5.97 Å². The zero-order valence-corrected chi connectivity index (χ0v) is 10.4. The topological polar surface area (TPSA) is 67.4 Å². The third-order valence-corrected chi connectivity index (χ3v) is 2.33.